The predicted molar refractivity (Wildman–Crippen MR) is 80.5 cm³/mol. The van der Waals surface area contributed by atoms with Gasteiger partial charge < -0.3 is 9.72 Å². The Balaban J connectivity index is 1.78. The van der Waals surface area contributed by atoms with Gasteiger partial charge in [-0.15, -0.1) is 0 Å². The summed E-state index contributed by atoms with van der Waals surface area (Å²) in [6.07, 6.45) is 0.841. The van der Waals surface area contributed by atoms with Gasteiger partial charge in [-0.1, -0.05) is 17.7 Å². The number of thioether (sulfide) groups is 1. The average Bonchev–Trinajstić information content (AvgIpc) is 2.45. The lowest BCUT2D eigenvalue weighted by Crippen LogP contribution is -2.23. The van der Waals surface area contributed by atoms with Gasteiger partial charge in [0.15, 0.2) is 0 Å². The van der Waals surface area contributed by atoms with E-state index in [9.17, 15) is 4.79 Å². The zero-order valence-corrected chi connectivity index (χ0v) is 12.3. The molecule has 1 aliphatic rings. The van der Waals surface area contributed by atoms with Gasteiger partial charge in [-0.05, 0) is 30.4 Å². The normalized spacial score (nSPS) is 13.8. The van der Waals surface area contributed by atoms with E-state index < -0.39 is 0 Å². The molecule has 0 unspecified atom stereocenters. The van der Waals surface area contributed by atoms with Crippen LogP contribution in [0.25, 0.3) is 0 Å². The number of hydrogen-bond acceptors (Lipinski definition) is 4. The number of rotatable bonds is 3. The van der Waals surface area contributed by atoms with Crippen molar-refractivity contribution < 1.29 is 4.74 Å². The van der Waals surface area contributed by atoms with E-state index in [1.807, 2.05) is 12.1 Å². The second kappa shape index (κ2) is 5.89. The molecule has 0 fully saturated rings. The number of nitrogens with zero attached hydrogens (tertiary/aromatic N) is 1. The largest absolute Gasteiger partial charge is 0.486 e. The van der Waals surface area contributed by atoms with Crippen molar-refractivity contribution in [2.75, 3.05) is 5.75 Å². The molecule has 1 N–H and O–H groups in total. The number of aromatic nitrogens is 2. The van der Waals surface area contributed by atoms with Gasteiger partial charge in [-0.2, -0.15) is 11.8 Å². The lowest BCUT2D eigenvalue weighted by Gasteiger charge is -2.14. The van der Waals surface area contributed by atoms with E-state index in [-0.39, 0.29) is 12.2 Å². The summed E-state index contributed by atoms with van der Waals surface area (Å²) in [4.78, 5) is 19.2. The van der Waals surface area contributed by atoms with Crippen LogP contribution >= 0.6 is 23.4 Å². The maximum Gasteiger partial charge on any atom is 0.255 e. The van der Waals surface area contributed by atoms with Crippen LogP contribution in [0.15, 0.2) is 29.1 Å². The molecule has 2 heterocycles. The molecule has 0 bridgehead atoms. The molecule has 1 aliphatic heterocycles. The molecule has 3 rings (SSSR count). The summed E-state index contributed by atoms with van der Waals surface area (Å²) in [7, 11) is 0. The summed E-state index contributed by atoms with van der Waals surface area (Å²) in [5.74, 6) is 2.97. The highest BCUT2D eigenvalue weighted by atomic mass is 35.5. The number of benzene rings is 1. The summed E-state index contributed by atoms with van der Waals surface area (Å²) in [5, 5.41) is 0.617. The lowest BCUT2D eigenvalue weighted by atomic mass is 10.2. The molecule has 0 amide bonds. The van der Waals surface area contributed by atoms with E-state index >= 15 is 0 Å². The minimum atomic E-state index is -0.0492. The number of nitrogens with one attached hydrogen (secondary N) is 1. The van der Waals surface area contributed by atoms with Gasteiger partial charge in [0.2, 0.25) is 0 Å². The smallest absolute Gasteiger partial charge is 0.255 e. The molecule has 104 valence electrons. The molecule has 0 aliphatic carbocycles. The Bertz CT molecular complexity index is 687. The van der Waals surface area contributed by atoms with Crippen molar-refractivity contribution in [3.05, 3.63) is 56.7 Å². The van der Waals surface area contributed by atoms with E-state index in [0.717, 1.165) is 29.2 Å². The first-order chi connectivity index (χ1) is 9.72. The molecule has 1 aromatic heterocycles. The van der Waals surface area contributed by atoms with Crippen molar-refractivity contribution in [3.8, 4) is 5.75 Å². The van der Waals surface area contributed by atoms with Crippen LogP contribution in [0.5, 0.6) is 5.75 Å². The van der Waals surface area contributed by atoms with Crippen molar-refractivity contribution in [1.29, 1.82) is 0 Å². The first kappa shape index (κ1) is 13.5. The van der Waals surface area contributed by atoms with E-state index in [0.29, 0.717) is 16.6 Å². The molecule has 0 atom stereocenters. The number of halogens is 1. The summed E-state index contributed by atoms with van der Waals surface area (Å²) < 4.78 is 5.60. The molecule has 2 aromatic rings. The summed E-state index contributed by atoms with van der Waals surface area (Å²) in [5.41, 5.74) is 1.65. The number of hydrogen-bond donors (Lipinski definition) is 1. The van der Waals surface area contributed by atoms with Crippen molar-refractivity contribution in [3.63, 3.8) is 0 Å². The van der Waals surface area contributed by atoms with Crippen LogP contribution in [-0.2, 0) is 18.8 Å². The molecule has 0 spiro atoms. The highest BCUT2D eigenvalue weighted by Crippen LogP contribution is 2.21. The third kappa shape index (κ3) is 2.99. The highest BCUT2D eigenvalue weighted by Gasteiger charge is 2.15. The van der Waals surface area contributed by atoms with Crippen molar-refractivity contribution in [2.45, 2.75) is 18.8 Å². The van der Waals surface area contributed by atoms with Gasteiger partial charge in [0.05, 0.1) is 5.69 Å². The van der Waals surface area contributed by atoms with Crippen LogP contribution in [0.2, 0.25) is 5.02 Å². The second-order valence-corrected chi connectivity index (χ2v) is 6.03. The molecular formula is C14H13ClN2O2S. The third-order valence-electron chi connectivity index (χ3n) is 3.05. The molecule has 20 heavy (non-hydrogen) atoms. The summed E-state index contributed by atoms with van der Waals surface area (Å²) in [6.45, 7) is 0.232. The Morgan fingerprint density at radius 2 is 2.35 bits per heavy atom. The minimum Gasteiger partial charge on any atom is -0.486 e. The quantitative estimate of drug-likeness (QED) is 0.947. The van der Waals surface area contributed by atoms with Crippen LogP contribution in [0.1, 0.15) is 17.1 Å². The Morgan fingerprint density at radius 1 is 1.45 bits per heavy atom. The second-order valence-electron chi connectivity index (χ2n) is 4.49. The summed E-state index contributed by atoms with van der Waals surface area (Å²) >= 11 is 7.65. The van der Waals surface area contributed by atoms with Crippen LogP contribution in [0.3, 0.4) is 0 Å². The topological polar surface area (TPSA) is 55.0 Å². The number of fused-ring (bicyclic) bond motifs is 1. The zero-order chi connectivity index (χ0) is 13.9. The molecule has 4 nitrogen and oxygen atoms in total. The molecule has 0 saturated heterocycles. The molecular weight excluding hydrogens is 296 g/mol. The van der Waals surface area contributed by atoms with Gasteiger partial charge in [-0.3, -0.25) is 4.79 Å². The van der Waals surface area contributed by atoms with Gasteiger partial charge in [-0.25, -0.2) is 4.98 Å². The Kier molecular flexibility index (Phi) is 3.98. The van der Waals surface area contributed by atoms with E-state index in [2.05, 4.69) is 9.97 Å². The molecule has 6 heteroatoms. The fraction of sp³-hybridized carbons (Fsp3) is 0.286. The van der Waals surface area contributed by atoms with Crippen LogP contribution in [-0.4, -0.2) is 15.7 Å². The van der Waals surface area contributed by atoms with Crippen LogP contribution in [0.4, 0.5) is 0 Å². The van der Waals surface area contributed by atoms with E-state index in [4.69, 9.17) is 16.3 Å². The highest BCUT2D eigenvalue weighted by molar-refractivity contribution is 7.98. The summed E-state index contributed by atoms with van der Waals surface area (Å²) in [6, 6.07) is 7.15. The van der Waals surface area contributed by atoms with Crippen molar-refractivity contribution in [2.24, 2.45) is 0 Å². The third-order valence-corrected chi connectivity index (χ3v) is 4.27. The first-order valence-electron chi connectivity index (χ1n) is 6.29. The number of aryl methyl sites for hydroxylation is 1. The Morgan fingerprint density at radius 3 is 3.20 bits per heavy atom. The number of ether oxygens (including phenoxy) is 1. The fourth-order valence-electron chi connectivity index (χ4n) is 2.07. The maximum atomic E-state index is 12.0. The first-order valence-corrected chi connectivity index (χ1v) is 7.83. The van der Waals surface area contributed by atoms with Crippen LogP contribution in [0, 0.1) is 0 Å². The molecule has 1 aromatic carbocycles. The Hall–Kier alpha value is -1.46. The lowest BCUT2D eigenvalue weighted by molar-refractivity contribution is 0.295. The van der Waals surface area contributed by atoms with Gasteiger partial charge in [0, 0.05) is 16.3 Å². The SMILES string of the molecule is O=c1[nH]c(COc2cccc(Cl)c2)nc2c1CSCC2. The molecule has 0 saturated carbocycles. The van der Waals surface area contributed by atoms with Crippen molar-refractivity contribution >= 4 is 23.4 Å². The van der Waals surface area contributed by atoms with E-state index in [1.165, 1.54) is 0 Å². The maximum absolute atomic E-state index is 12.0. The van der Waals surface area contributed by atoms with Gasteiger partial charge in [0.25, 0.3) is 5.56 Å². The van der Waals surface area contributed by atoms with Gasteiger partial charge in [0.1, 0.15) is 18.2 Å². The Labute approximate surface area is 125 Å². The van der Waals surface area contributed by atoms with Crippen LogP contribution < -0.4 is 10.3 Å². The predicted octanol–water partition coefficient (Wildman–Crippen LogP) is 2.79. The number of aromatic amines is 1. The fourth-order valence-corrected chi connectivity index (χ4v) is 3.24. The minimum absolute atomic E-state index is 0.0492. The monoisotopic (exact) mass is 308 g/mol. The van der Waals surface area contributed by atoms with Gasteiger partial charge >= 0.3 is 0 Å². The standard InChI is InChI=1S/C14H13ClN2O2S/c15-9-2-1-3-10(6-9)19-7-13-16-12-4-5-20-8-11(12)14(18)17-13/h1-3,6H,4-5,7-8H2,(H,16,17,18). The molecule has 0 radical (unpaired) electrons. The average molecular weight is 309 g/mol. The van der Waals surface area contributed by atoms with Crippen molar-refractivity contribution in [1.82, 2.24) is 9.97 Å². The van der Waals surface area contributed by atoms with E-state index in [1.54, 1.807) is 23.9 Å². The number of H-pyrrole nitrogens is 1. The zero-order valence-electron chi connectivity index (χ0n) is 10.7.